The van der Waals surface area contributed by atoms with Crippen molar-refractivity contribution in [2.24, 2.45) is 0 Å². The lowest BCUT2D eigenvalue weighted by atomic mass is 10.0. The summed E-state index contributed by atoms with van der Waals surface area (Å²) in [5.74, 6) is -1.91. The number of nitrogens with zero attached hydrogens (tertiary/aromatic N) is 1. The van der Waals surface area contributed by atoms with Gasteiger partial charge in [0.1, 0.15) is 17.7 Å². The van der Waals surface area contributed by atoms with E-state index in [9.17, 15) is 14.0 Å². The van der Waals surface area contributed by atoms with Gasteiger partial charge >= 0.3 is 5.97 Å². The summed E-state index contributed by atoms with van der Waals surface area (Å²) in [6, 6.07) is 10.5. The van der Waals surface area contributed by atoms with E-state index in [2.05, 4.69) is 0 Å². The van der Waals surface area contributed by atoms with Crippen molar-refractivity contribution in [3.63, 3.8) is 0 Å². The number of hydrogen-bond donors (Lipinski definition) is 1. The Bertz CT molecular complexity index is 834. The van der Waals surface area contributed by atoms with Crippen LogP contribution in [0.1, 0.15) is 33.6 Å². The molecule has 1 fully saturated rings. The van der Waals surface area contributed by atoms with Crippen molar-refractivity contribution in [2.45, 2.75) is 18.9 Å². The first-order valence-corrected chi connectivity index (χ1v) is 8.57. The van der Waals surface area contributed by atoms with E-state index in [0.717, 1.165) is 6.07 Å². The number of hydrogen-bond acceptors (Lipinski definition) is 3. The molecule has 2 aromatic rings. The second kappa shape index (κ2) is 7.74. The zero-order valence-corrected chi connectivity index (χ0v) is 14.6. The first-order valence-electron chi connectivity index (χ1n) is 8.19. The van der Waals surface area contributed by atoms with Crippen molar-refractivity contribution in [3.8, 4) is 5.75 Å². The summed E-state index contributed by atoms with van der Waals surface area (Å²) in [6.45, 7) is 0.849. The summed E-state index contributed by atoms with van der Waals surface area (Å²) < 4.78 is 20.0. The van der Waals surface area contributed by atoms with Crippen LogP contribution in [-0.2, 0) is 0 Å². The fraction of sp³-hybridized carbons (Fsp3) is 0.263. The Morgan fingerprint density at radius 1 is 1.15 bits per heavy atom. The highest BCUT2D eigenvalue weighted by Crippen LogP contribution is 2.27. The molecule has 0 saturated carbocycles. The number of carbonyl (C=O) groups is 2. The first kappa shape index (κ1) is 18.2. The molecular formula is C19H17ClFNO4. The maximum Gasteiger partial charge on any atom is 0.335 e. The Balaban J connectivity index is 1.62. The Hall–Kier alpha value is -2.60. The fourth-order valence-corrected chi connectivity index (χ4v) is 3.07. The van der Waals surface area contributed by atoms with Gasteiger partial charge in [-0.05, 0) is 30.3 Å². The minimum atomic E-state index is -1.24. The van der Waals surface area contributed by atoms with Crippen LogP contribution in [0, 0.1) is 5.82 Å². The molecular weight excluding hydrogens is 361 g/mol. The molecule has 1 amide bonds. The number of halogens is 2. The molecule has 0 spiro atoms. The van der Waals surface area contributed by atoms with Gasteiger partial charge in [-0.1, -0.05) is 23.7 Å². The van der Waals surface area contributed by atoms with Crippen LogP contribution in [0.15, 0.2) is 42.5 Å². The summed E-state index contributed by atoms with van der Waals surface area (Å²) in [6.07, 6.45) is 1.13. The zero-order valence-electron chi connectivity index (χ0n) is 13.8. The van der Waals surface area contributed by atoms with Gasteiger partial charge in [-0.2, -0.15) is 0 Å². The molecule has 1 saturated heterocycles. The highest BCUT2D eigenvalue weighted by molar-refractivity contribution is 6.32. The molecule has 1 N–H and O–H groups in total. The largest absolute Gasteiger partial charge is 0.489 e. The predicted octanol–water partition coefficient (Wildman–Crippen LogP) is 3.86. The van der Waals surface area contributed by atoms with Gasteiger partial charge < -0.3 is 14.7 Å². The van der Waals surface area contributed by atoms with Crippen molar-refractivity contribution < 1.29 is 23.8 Å². The fourth-order valence-electron chi connectivity index (χ4n) is 2.89. The summed E-state index contributed by atoms with van der Waals surface area (Å²) >= 11 is 6.08. The van der Waals surface area contributed by atoms with E-state index in [1.807, 2.05) is 12.1 Å². The predicted molar refractivity (Wildman–Crippen MR) is 94.4 cm³/mol. The highest BCUT2D eigenvalue weighted by Gasteiger charge is 2.27. The third-order valence-electron chi connectivity index (χ3n) is 4.31. The molecule has 26 heavy (non-hydrogen) atoms. The monoisotopic (exact) mass is 377 g/mol. The van der Waals surface area contributed by atoms with E-state index in [0.29, 0.717) is 36.7 Å². The van der Waals surface area contributed by atoms with Crippen LogP contribution in [0.4, 0.5) is 4.39 Å². The minimum absolute atomic E-state index is 0.0711. The van der Waals surface area contributed by atoms with Gasteiger partial charge in [-0.25, -0.2) is 9.18 Å². The number of amides is 1. The van der Waals surface area contributed by atoms with E-state index in [-0.39, 0.29) is 17.2 Å². The van der Waals surface area contributed by atoms with Crippen molar-refractivity contribution in [3.05, 3.63) is 64.4 Å². The third-order valence-corrected chi connectivity index (χ3v) is 4.62. The Morgan fingerprint density at radius 3 is 2.46 bits per heavy atom. The molecule has 7 heteroatoms. The molecule has 0 bridgehead atoms. The van der Waals surface area contributed by atoms with Crippen LogP contribution < -0.4 is 4.74 Å². The van der Waals surface area contributed by atoms with Gasteiger partial charge in [-0.15, -0.1) is 0 Å². The molecule has 1 aliphatic rings. The average molecular weight is 378 g/mol. The van der Waals surface area contributed by atoms with E-state index in [1.165, 1.54) is 12.1 Å². The zero-order chi connectivity index (χ0) is 18.7. The number of rotatable bonds is 4. The van der Waals surface area contributed by atoms with Gasteiger partial charge in [0.15, 0.2) is 0 Å². The Morgan fingerprint density at radius 2 is 1.85 bits per heavy atom. The Kier molecular flexibility index (Phi) is 5.42. The van der Waals surface area contributed by atoms with Crippen LogP contribution in [0.2, 0.25) is 5.02 Å². The highest BCUT2D eigenvalue weighted by atomic mass is 35.5. The summed E-state index contributed by atoms with van der Waals surface area (Å²) in [4.78, 5) is 24.9. The number of carbonyl (C=O) groups excluding carboxylic acids is 1. The van der Waals surface area contributed by atoms with Crippen LogP contribution in [-0.4, -0.2) is 41.1 Å². The van der Waals surface area contributed by atoms with Gasteiger partial charge in [0.25, 0.3) is 5.91 Å². The van der Waals surface area contributed by atoms with Crippen LogP contribution in [0.3, 0.4) is 0 Å². The van der Waals surface area contributed by atoms with Crippen molar-refractivity contribution >= 4 is 23.5 Å². The maximum atomic E-state index is 14.1. The van der Waals surface area contributed by atoms with E-state index < -0.39 is 17.7 Å². The lowest BCUT2D eigenvalue weighted by Gasteiger charge is -2.32. The van der Waals surface area contributed by atoms with Crippen molar-refractivity contribution in [2.75, 3.05) is 13.1 Å². The van der Waals surface area contributed by atoms with E-state index in [4.69, 9.17) is 21.4 Å². The lowest BCUT2D eigenvalue weighted by Crippen LogP contribution is -2.42. The number of para-hydroxylation sites is 1. The molecule has 1 heterocycles. The van der Waals surface area contributed by atoms with Gasteiger partial charge in [-0.3, -0.25) is 4.79 Å². The number of likely N-dealkylation sites (tertiary alicyclic amines) is 1. The average Bonchev–Trinajstić information content (AvgIpc) is 2.63. The van der Waals surface area contributed by atoms with E-state index >= 15 is 0 Å². The molecule has 0 aromatic heterocycles. The van der Waals surface area contributed by atoms with Gasteiger partial charge in [0.2, 0.25) is 0 Å². The molecule has 136 valence electrons. The second-order valence-electron chi connectivity index (χ2n) is 6.04. The molecule has 0 radical (unpaired) electrons. The number of carboxylic acids is 1. The van der Waals surface area contributed by atoms with Crippen LogP contribution >= 0.6 is 11.6 Å². The summed E-state index contributed by atoms with van der Waals surface area (Å²) in [5, 5.41) is 9.41. The van der Waals surface area contributed by atoms with Crippen LogP contribution in [0.25, 0.3) is 0 Å². The number of carboxylic acid groups (broad SMARTS) is 1. The lowest BCUT2D eigenvalue weighted by molar-refractivity contribution is 0.0589. The Labute approximate surface area is 154 Å². The normalized spacial score (nSPS) is 14.9. The first-order chi connectivity index (χ1) is 12.5. The molecule has 5 nitrogen and oxygen atoms in total. The topological polar surface area (TPSA) is 66.8 Å². The standard InChI is InChI=1S/C19H17ClFNO4/c20-15-3-1-2-4-17(15)26-13-7-9-22(10-8-13)18(23)14-6-5-12(19(24)25)11-16(14)21/h1-6,11,13H,7-10H2,(H,24,25). The summed E-state index contributed by atoms with van der Waals surface area (Å²) in [5.41, 5.74) is -0.314. The SMILES string of the molecule is O=C(O)c1ccc(C(=O)N2CCC(Oc3ccccc3Cl)CC2)c(F)c1. The minimum Gasteiger partial charge on any atom is -0.489 e. The van der Waals surface area contributed by atoms with Crippen LogP contribution in [0.5, 0.6) is 5.75 Å². The molecule has 0 atom stereocenters. The number of ether oxygens (including phenoxy) is 1. The van der Waals surface area contributed by atoms with Gasteiger partial charge in [0, 0.05) is 25.9 Å². The number of benzene rings is 2. The summed E-state index contributed by atoms with van der Waals surface area (Å²) in [7, 11) is 0. The molecule has 3 rings (SSSR count). The van der Waals surface area contributed by atoms with E-state index in [1.54, 1.807) is 17.0 Å². The van der Waals surface area contributed by atoms with Gasteiger partial charge in [0.05, 0.1) is 16.1 Å². The number of piperidine rings is 1. The smallest absolute Gasteiger partial charge is 0.335 e. The molecule has 0 unspecified atom stereocenters. The molecule has 0 aliphatic carbocycles. The van der Waals surface area contributed by atoms with Crippen molar-refractivity contribution in [1.29, 1.82) is 0 Å². The number of aromatic carboxylic acids is 1. The molecule has 2 aromatic carbocycles. The second-order valence-corrected chi connectivity index (χ2v) is 6.45. The van der Waals surface area contributed by atoms with Crippen molar-refractivity contribution in [1.82, 2.24) is 4.90 Å². The quantitative estimate of drug-likeness (QED) is 0.878. The molecule has 1 aliphatic heterocycles. The third kappa shape index (κ3) is 3.96. The maximum absolute atomic E-state index is 14.1.